The Morgan fingerprint density at radius 3 is 2.93 bits per heavy atom. The van der Waals surface area contributed by atoms with E-state index >= 15 is 0 Å². The highest BCUT2D eigenvalue weighted by Crippen LogP contribution is 2.37. The van der Waals surface area contributed by atoms with Crippen molar-refractivity contribution in [2.24, 2.45) is 11.1 Å². The molecule has 0 saturated carbocycles. The number of ether oxygens (including phenoxy) is 1. The van der Waals surface area contributed by atoms with Gasteiger partial charge in [-0.05, 0) is 61.8 Å². The summed E-state index contributed by atoms with van der Waals surface area (Å²) in [7, 11) is 0. The number of hydrogen-bond donors (Lipinski definition) is 2. The SMILES string of the molecule is Cc1nn(-c2ccc(C(N)=O)c(N[C@H]3CCOC3)c2)c2c1CCC(C)(C)C2. The Kier molecular flexibility index (Phi) is 4.46. The van der Waals surface area contributed by atoms with Crippen molar-refractivity contribution in [1.29, 1.82) is 0 Å². The second-order valence-corrected chi connectivity index (χ2v) is 8.56. The molecule has 4 rings (SSSR count). The average Bonchev–Trinajstić information content (AvgIpc) is 3.21. The van der Waals surface area contributed by atoms with Gasteiger partial charge in [0.1, 0.15) is 0 Å². The van der Waals surface area contributed by atoms with Gasteiger partial charge in [0.25, 0.3) is 5.91 Å². The lowest BCUT2D eigenvalue weighted by molar-refractivity contribution is 0.100. The molecule has 0 unspecified atom stereocenters. The van der Waals surface area contributed by atoms with E-state index in [2.05, 4.69) is 26.1 Å². The number of amides is 1. The standard InChI is InChI=1S/C21H28N4O2/c1-13-16-6-8-21(2,3)11-19(16)25(24-13)15-4-5-17(20(22)26)18(10-15)23-14-7-9-27-12-14/h4-5,10,14,23H,6-9,11-12H2,1-3H3,(H2,22,26)/t14-/m0/s1. The number of primary amides is 1. The molecule has 1 aromatic heterocycles. The first-order chi connectivity index (χ1) is 12.8. The molecule has 1 atom stereocenters. The number of fused-ring (bicyclic) bond motifs is 1. The zero-order chi connectivity index (χ0) is 19.2. The van der Waals surface area contributed by atoms with Crippen LogP contribution in [0, 0.1) is 12.3 Å². The Morgan fingerprint density at radius 2 is 2.22 bits per heavy atom. The van der Waals surface area contributed by atoms with Crippen LogP contribution in [0.5, 0.6) is 0 Å². The Hall–Kier alpha value is -2.34. The fourth-order valence-corrected chi connectivity index (χ4v) is 4.20. The smallest absolute Gasteiger partial charge is 0.250 e. The molecule has 2 aromatic rings. The molecule has 2 aliphatic rings. The van der Waals surface area contributed by atoms with Crippen LogP contribution in [-0.4, -0.2) is 34.9 Å². The Labute approximate surface area is 160 Å². The predicted octanol–water partition coefficient (Wildman–Crippen LogP) is 3.00. The predicted molar refractivity (Wildman–Crippen MR) is 105 cm³/mol. The van der Waals surface area contributed by atoms with Crippen LogP contribution in [-0.2, 0) is 17.6 Å². The molecular weight excluding hydrogens is 340 g/mol. The summed E-state index contributed by atoms with van der Waals surface area (Å²) in [4.78, 5) is 11.9. The average molecular weight is 368 g/mol. The van der Waals surface area contributed by atoms with E-state index in [4.69, 9.17) is 15.6 Å². The van der Waals surface area contributed by atoms with Gasteiger partial charge in [-0.25, -0.2) is 4.68 Å². The van der Waals surface area contributed by atoms with Crippen LogP contribution >= 0.6 is 0 Å². The lowest BCUT2D eigenvalue weighted by Gasteiger charge is -2.30. The largest absolute Gasteiger partial charge is 0.379 e. The molecule has 0 spiro atoms. The minimum Gasteiger partial charge on any atom is -0.379 e. The van der Waals surface area contributed by atoms with Crippen LogP contribution in [0.4, 0.5) is 5.69 Å². The van der Waals surface area contributed by atoms with Crippen LogP contribution in [0.15, 0.2) is 18.2 Å². The number of anilines is 1. The Balaban J connectivity index is 1.75. The summed E-state index contributed by atoms with van der Waals surface area (Å²) < 4.78 is 7.50. The number of hydrogen-bond acceptors (Lipinski definition) is 4. The molecular formula is C21H28N4O2. The molecule has 1 aromatic carbocycles. The topological polar surface area (TPSA) is 82.2 Å². The second-order valence-electron chi connectivity index (χ2n) is 8.56. The van der Waals surface area contributed by atoms with E-state index in [-0.39, 0.29) is 11.5 Å². The lowest BCUT2D eigenvalue weighted by atomic mass is 9.76. The van der Waals surface area contributed by atoms with E-state index < -0.39 is 5.91 Å². The maximum Gasteiger partial charge on any atom is 0.250 e. The van der Waals surface area contributed by atoms with E-state index in [1.807, 2.05) is 16.8 Å². The Morgan fingerprint density at radius 1 is 1.41 bits per heavy atom. The number of carbonyl (C=O) groups is 1. The van der Waals surface area contributed by atoms with E-state index in [1.165, 1.54) is 17.7 Å². The molecule has 1 amide bonds. The molecule has 2 heterocycles. The van der Waals surface area contributed by atoms with Crippen LogP contribution in [0.1, 0.15) is 54.0 Å². The van der Waals surface area contributed by atoms with Gasteiger partial charge in [0.05, 0.1) is 29.6 Å². The third-order valence-electron chi connectivity index (χ3n) is 5.79. The minimum absolute atomic E-state index is 0.200. The van der Waals surface area contributed by atoms with Crippen molar-refractivity contribution in [3.05, 3.63) is 40.7 Å². The highest BCUT2D eigenvalue weighted by atomic mass is 16.5. The summed E-state index contributed by atoms with van der Waals surface area (Å²) in [5, 5.41) is 8.26. The van der Waals surface area contributed by atoms with Gasteiger partial charge in [-0.1, -0.05) is 13.8 Å². The van der Waals surface area contributed by atoms with Crippen molar-refractivity contribution in [2.75, 3.05) is 18.5 Å². The van der Waals surface area contributed by atoms with Crippen molar-refractivity contribution >= 4 is 11.6 Å². The molecule has 0 radical (unpaired) electrons. The quantitative estimate of drug-likeness (QED) is 0.869. The van der Waals surface area contributed by atoms with Crippen molar-refractivity contribution in [3.63, 3.8) is 0 Å². The molecule has 1 fully saturated rings. The van der Waals surface area contributed by atoms with Crippen LogP contribution in [0.2, 0.25) is 0 Å². The lowest BCUT2D eigenvalue weighted by Crippen LogP contribution is -2.24. The van der Waals surface area contributed by atoms with Crippen LogP contribution in [0.3, 0.4) is 0 Å². The maximum atomic E-state index is 11.9. The fraction of sp³-hybridized carbons (Fsp3) is 0.524. The minimum atomic E-state index is -0.428. The third kappa shape index (κ3) is 3.46. The van der Waals surface area contributed by atoms with Gasteiger partial charge >= 0.3 is 0 Å². The molecule has 1 saturated heterocycles. The summed E-state index contributed by atoms with van der Waals surface area (Å²) in [6.07, 6.45) is 4.17. The third-order valence-corrected chi connectivity index (χ3v) is 5.79. The number of carbonyl (C=O) groups excluding carboxylic acids is 1. The van der Waals surface area contributed by atoms with Crippen molar-refractivity contribution in [1.82, 2.24) is 9.78 Å². The van der Waals surface area contributed by atoms with E-state index in [0.29, 0.717) is 12.2 Å². The monoisotopic (exact) mass is 368 g/mol. The normalized spacial score (nSPS) is 21.1. The van der Waals surface area contributed by atoms with Crippen molar-refractivity contribution in [2.45, 2.75) is 52.5 Å². The maximum absolute atomic E-state index is 11.9. The fourth-order valence-electron chi connectivity index (χ4n) is 4.20. The number of aromatic nitrogens is 2. The van der Waals surface area contributed by atoms with Crippen molar-refractivity contribution < 1.29 is 9.53 Å². The first kappa shape index (κ1) is 18.0. The van der Waals surface area contributed by atoms with Crippen LogP contribution < -0.4 is 11.1 Å². The molecule has 144 valence electrons. The van der Waals surface area contributed by atoms with Crippen molar-refractivity contribution in [3.8, 4) is 5.69 Å². The summed E-state index contributed by atoms with van der Waals surface area (Å²) in [6, 6.07) is 5.93. The van der Waals surface area contributed by atoms with Gasteiger partial charge in [-0.3, -0.25) is 4.79 Å². The summed E-state index contributed by atoms with van der Waals surface area (Å²) in [5.74, 6) is -0.428. The zero-order valence-electron chi connectivity index (χ0n) is 16.3. The highest BCUT2D eigenvalue weighted by Gasteiger charge is 2.30. The highest BCUT2D eigenvalue weighted by molar-refractivity contribution is 5.99. The van der Waals surface area contributed by atoms with Gasteiger partial charge in [0.15, 0.2) is 0 Å². The number of nitrogens with zero attached hydrogens (tertiary/aromatic N) is 2. The first-order valence-corrected chi connectivity index (χ1v) is 9.70. The Bertz CT molecular complexity index is 879. The second kappa shape index (κ2) is 6.68. The van der Waals surface area contributed by atoms with Gasteiger partial charge in [0.2, 0.25) is 0 Å². The van der Waals surface area contributed by atoms with Gasteiger partial charge in [-0.2, -0.15) is 5.10 Å². The molecule has 1 aliphatic heterocycles. The molecule has 3 N–H and O–H groups in total. The molecule has 0 bridgehead atoms. The van der Waals surface area contributed by atoms with Gasteiger partial charge < -0.3 is 15.8 Å². The zero-order valence-corrected chi connectivity index (χ0v) is 16.3. The molecule has 6 nitrogen and oxygen atoms in total. The first-order valence-electron chi connectivity index (χ1n) is 9.70. The number of benzene rings is 1. The van der Waals surface area contributed by atoms with Gasteiger partial charge in [-0.15, -0.1) is 0 Å². The van der Waals surface area contributed by atoms with E-state index in [1.54, 1.807) is 6.07 Å². The summed E-state index contributed by atoms with van der Waals surface area (Å²) >= 11 is 0. The molecule has 6 heteroatoms. The van der Waals surface area contributed by atoms with E-state index in [0.717, 1.165) is 42.9 Å². The number of nitrogens with two attached hydrogens (primary N) is 1. The summed E-state index contributed by atoms with van der Waals surface area (Å²) in [6.45, 7) is 8.09. The van der Waals surface area contributed by atoms with Gasteiger partial charge in [0, 0.05) is 18.0 Å². The van der Waals surface area contributed by atoms with Crippen LogP contribution in [0.25, 0.3) is 5.69 Å². The molecule has 27 heavy (non-hydrogen) atoms. The number of rotatable bonds is 4. The van der Waals surface area contributed by atoms with E-state index in [9.17, 15) is 4.79 Å². The summed E-state index contributed by atoms with van der Waals surface area (Å²) in [5.41, 5.74) is 11.8. The molecule has 1 aliphatic carbocycles. The number of nitrogens with one attached hydrogen (secondary N) is 1. The number of aryl methyl sites for hydroxylation is 1.